The van der Waals surface area contributed by atoms with Crippen LogP contribution in [0.3, 0.4) is 0 Å². The van der Waals surface area contributed by atoms with Gasteiger partial charge in [-0.05, 0) is 31.0 Å². The van der Waals surface area contributed by atoms with Crippen LogP contribution in [0, 0.1) is 24.0 Å². The second-order valence-corrected chi connectivity index (χ2v) is 6.93. The first-order valence-corrected chi connectivity index (χ1v) is 9.31. The van der Waals surface area contributed by atoms with Gasteiger partial charge >= 0.3 is 5.97 Å². The smallest absolute Gasteiger partial charge is 0.305 e. The first kappa shape index (κ1) is 21.5. The number of ether oxygens (including phenoxy) is 1. The number of non-ortho nitro benzene ring substituents is 1. The number of carbonyl (C=O) groups is 2. The van der Waals surface area contributed by atoms with Crippen molar-refractivity contribution in [1.82, 2.24) is 9.78 Å². The van der Waals surface area contributed by atoms with Crippen LogP contribution in [0.2, 0.25) is 0 Å². The highest BCUT2D eigenvalue weighted by atomic mass is 16.6. The van der Waals surface area contributed by atoms with Gasteiger partial charge in [-0.2, -0.15) is 5.10 Å². The maximum Gasteiger partial charge on any atom is 0.305 e. The molecule has 0 spiro atoms. The number of carbonyl (C=O) groups excluding carboxylic acids is 1. The molecule has 0 saturated carbocycles. The van der Waals surface area contributed by atoms with Crippen LogP contribution < -0.4 is 10.1 Å². The number of aromatic nitrogens is 2. The van der Waals surface area contributed by atoms with Crippen LogP contribution in [0.15, 0.2) is 48.8 Å². The Hall–Kier alpha value is -4.21. The second kappa shape index (κ2) is 9.08. The predicted octanol–water partition coefficient (Wildman–Crippen LogP) is 3.93. The summed E-state index contributed by atoms with van der Waals surface area (Å²) in [5.41, 5.74) is 1.96. The molecule has 160 valence electrons. The SMILES string of the molecule is Cc1ccc(C)c(Oc2cc(NC(=O)c3cnn(CCC(=O)O)c3)cc([N+](=O)[O-])c2)c1. The lowest BCUT2D eigenvalue weighted by Crippen LogP contribution is -2.11. The molecule has 0 saturated heterocycles. The van der Waals surface area contributed by atoms with Crippen LogP contribution in [-0.4, -0.2) is 31.7 Å². The lowest BCUT2D eigenvalue weighted by atomic mass is 10.1. The third-order valence-corrected chi connectivity index (χ3v) is 4.38. The number of benzene rings is 2. The van der Waals surface area contributed by atoms with Crippen molar-refractivity contribution in [3.05, 3.63) is 75.6 Å². The molecule has 0 aliphatic heterocycles. The van der Waals surface area contributed by atoms with Crippen molar-refractivity contribution in [2.75, 3.05) is 5.32 Å². The van der Waals surface area contributed by atoms with E-state index in [1.54, 1.807) is 0 Å². The van der Waals surface area contributed by atoms with E-state index in [1.807, 2.05) is 32.0 Å². The maximum atomic E-state index is 12.5. The van der Waals surface area contributed by atoms with Crippen LogP contribution in [0.1, 0.15) is 27.9 Å². The second-order valence-electron chi connectivity index (χ2n) is 6.93. The van der Waals surface area contributed by atoms with E-state index in [9.17, 15) is 19.7 Å². The summed E-state index contributed by atoms with van der Waals surface area (Å²) in [7, 11) is 0. The number of nitro groups is 1. The van der Waals surface area contributed by atoms with Gasteiger partial charge in [0.2, 0.25) is 0 Å². The van der Waals surface area contributed by atoms with Crippen molar-refractivity contribution in [3.63, 3.8) is 0 Å². The van der Waals surface area contributed by atoms with E-state index >= 15 is 0 Å². The van der Waals surface area contributed by atoms with Gasteiger partial charge in [0.05, 0.1) is 41.4 Å². The highest BCUT2D eigenvalue weighted by Gasteiger charge is 2.16. The molecule has 0 radical (unpaired) electrons. The molecule has 0 aliphatic rings. The summed E-state index contributed by atoms with van der Waals surface area (Å²) in [5.74, 6) is -0.762. The molecule has 1 amide bonds. The zero-order valence-electron chi connectivity index (χ0n) is 16.9. The predicted molar refractivity (Wildman–Crippen MR) is 112 cm³/mol. The summed E-state index contributed by atoms with van der Waals surface area (Å²) < 4.78 is 7.18. The number of anilines is 1. The number of hydrogen-bond acceptors (Lipinski definition) is 6. The molecule has 1 aromatic heterocycles. The highest BCUT2D eigenvalue weighted by molar-refractivity contribution is 6.04. The number of nitrogens with one attached hydrogen (secondary N) is 1. The zero-order valence-corrected chi connectivity index (χ0v) is 16.9. The summed E-state index contributed by atoms with van der Waals surface area (Å²) in [5, 5.41) is 26.6. The van der Waals surface area contributed by atoms with E-state index in [2.05, 4.69) is 10.4 Å². The average molecular weight is 424 g/mol. The van der Waals surface area contributed by atoms with Crippen molar-refractivity contribution in [3.8, 4) is 11.5 Å². The fourth-order valence-electron chi connectivity index (χ4n) is 2.78. The van der Waals surface area contributed by atoms with E-state index in [4.69, 9.17) is 9.84 Å². The number of aliphatic carboxylic acids is 1. The third kappa shape index (κ3) is 5.66. The van der Waals surface area contributed by atoms with Crippen LogP contribution >= 0.6 is 0 Å². The monoisotopic (exact) mass is 424 g/mol. The van der Waals surface area contributed by atoms with Gasteiger partial charge in [-0.15, -0.1) is 0 Å². The molecule has 0 unspecified atom stereocenters. The van der Waals surface area contributed by atoms with Gasteiger partial charge < -0.3 is 15.2 Å². The Kier molecular flexibility index (Phi) is 6.29. The normalized spacial score (nSPS) is 10.5. The van der Waals surface area contributed by atoms with Crippen LogP contribution in [0.5, 0.6) is 11.5 Å². The van der Waals surface area contributed by atoms with E-state index < -0.39 is 16.8 Å². The number of amides is 1. The quantitative estimate of drug-likeness (QED) is 0.413. The van der Waals surface area contributed by atoms with E-state index in [0.29, 0.717) is 5.75 Å². The average Bonchev–Trinajstić information content (AvgIpc) is 3.18. The summed E-state index contributed by atoms with van der Waals surface area (Å²) in [4.78, 5) is 33.9. The maximum absolute atomic E-state index is 12.5. The summed E-state index contributed by atoms with van der Waals surface area (Å²) in [6, 6.07) is 9.62. The first-order valence-electron chi connectivity index (χ1n) is 9.31. The molecule has 0 aliphatic carbocycles. The Morgan fingerprint density at radius 2 is 2.00 bits per heavy atom. The van der Waals surface area contributed by atoms with Crippen LogP contribution in [-0.2, 0) is 11.3 Å². The number of nitrogens with zero attached hydrogens (tertiary/aromatic N) is 3. The molecule has 2 N–H and O–H groups in total. The van der Waals surface area contributed by atoms with Crippen molar-refractivity contribution in [2.24, 2.45) is 0 Å². The fourth-order valence-corrected chi connectivity index (χ4v) is 2.78. The Balaban J connectivity index is 1.82. The molecule has 0 fully saturated rings. The van der Waals surface area contributed by atoms with Gasteiger partial charge in [-0.25, -0.2) is 0 Å². The largest absolute Gasteiger partial charge is 0.481 e. The van der Waals surface area contributed by atoms with E-state index in [0.717, 1.165) is 11.1 Å². The number of hydrogen-bond donors (Lipinski definition) is 2. The van der Waals surface area contributed by atoms with E-state index in [1.165, 1.54) is 35.3 Å². The standard InChI is InChI=1S/C21H20N4O6/c1-13-3-4-14(2)19(7-13)31-18-9-16(8-17(10-18)25(29)30)23-21(28)15-11-22-24(12-15)6-5-20(26)27/h3-4,7-12H,5-6H2,1-2H3,(H,23,28)(H,26,27). The van der Waals surface area contributed by atoms with Crippen LogP contribution in [0.4, 0.5) is 11.4 Å². The van der Waals surface area contributed by atoms with Crippen LogP contribution in [0.25, 0.3) is 0 Å². The Morgan fingerprint density at radius 3 is 2.71 bits per heavy atom. The highest BCUT2D eigenvalue weighted by Crippen LogP contribution is 2.32. The molecular weight excluding hydrogens is 404 g/mol. The molecule has 10 nitrogen and oxygen atoms in total. The van der Waals surface area contributed by atoms with Gasteiger partial charge in [-0.3, -0.25) is 24.4 Å². The molecule has 3 aromatic rings. The number of carboxylic acid groups (broad SMARTS) is 1. The molecule has 0 atom stereocenters. The van der Waals surface area contributed by atoms with Gasteiger partial charge in [0.1, 0.15) is 11.5 Å². The molecule has 1 heterocycles. The third-order valence-electron chi connectivity index (χ3n) is 4.38. The topological polar surface area (TPSA) is 137 Å². The molecule has 3 rings (SSSR count). The molecule has 2 aromatic carbocycles. The molecule has 31 heavy (non-hydrogen) atoms. The molecule has 10 heteroatoms. The summed E-state index contributed by atoms with van der Waals surface area (Å²) in [6.45, 7) is 3.88. The van der Waals surface area contributed by atoms with Crippen molar-refractivity contribution >= 4 is 23.3 Å². The summed E-state index contributed by atoms with van der Waals surface area (Å²) in [6.07, 6.45) is 2.57. The zero-order chi connectivity index (χ0) is 22.5. The Morgan fingerprint density at radius 1 is 1.23 bits per heavy atom. The number of nitro benzene ring substituents is 1. The lowest BCUT2D eigenvalue weighted by molar-refractivity contribution is -0.384. The van der Waals surface area contributed by atoms with Gasteiger partial charge in [-0.1, -0.05) is 12.1 Å². The minimum absolute atomic E-state index is 0.118. The Labute approximate surface area is 177 Å². The van der Waals surface area contributed by atoms with Gasteiger partial charge in [0.25, 0.3) is 11.6 Å². The van der Waals surface area contributed by atoms with Crippen molar-refractivity contribution < 1.29 is 24.4 Å². The number of rotatable bonds is 8. The van der Waals surface area contributed by atoms with Gasteiger partial charge in [0, 0.05) is 18.3 Å². The minimum atomic E-state index is -0.977. The van der Waals surface area contributed by atoms with Gasteiger partial charge in [0.15, 0.2) is 0 Å². The lowest BCUT2D eigenvalue weighted by Gasteiger charge is -2.11. The Bertz CT molecular complexity index is 1150. The van der Waals surface area contributed by atoms with Crippen molar-refractivity contribution in [2.45, 2.75) is 26.8 Å². The minimum Gasteiger partial charge on any atom is -0.481 e. The number of carboxylic acids is 1. The first-order chi connectivity index (χ1) is 14.7. The number of aryl methyl sites for hydroxylation is 3. The fraction of sp³-hybridized carbons (Fsp3) is 0.190. The molecular formula is C21H20N4O6. The molecule has 0 bridgehead atoms. The van der Waals surface area contributed by atoms with E-state index in [-0.39, 0.29) is 35.7 Å². The summed E-state index contributed by atoms with van der Waals surface area (Å²) >= 11 is 0. The van der Waals surface area contributed by atoms with Crippen molar-refractivity contribution in [1.29, 1.82) is 0 Å².